The molecule has 1 rings (SSSR count). The summed E-state index contributed by atoms with van der Waals surface area (Å²) in [5.41, 5.74) is 0.314. The Balaban J connectivity index is 2.67. The lowest BCUT2D eigenvalue weighted by Crippen LogP contribution is -2.30. The lowest BCUT2D eigenvalue weighted by Gasteiger charge is -2.36. The van der Waals surface area contributed by atoms with Crippen LogP contribution in [0.15, 0.2) is 12.2 Å². The number of allylic oxidation sites excluding steroid dienone is 1. The van der Waals surface area contributed by atoms with Crippen molar-refractivity contribution in [1.29, 1.82) is 0 Å². The quantitative estimate of drug-likeness (QED) is 0.575. The summed E-state index contributed by atoms with van der Waals surface area (Å²) in [7, 11) is 0. The van der Waals surface area contributed by atoms with Crippen LogP contribution in [0.25, 0.3) is 0 Å². The van der Waals surface area contributed by atoms with Gasteiger partial charge in [-0.3, -0.25) is 0 Å². The van der Waals surface area contributed by atoms with E-state index in [2.05, 4.69) is 26.8 Å². The van der Waals surface area contributed by atoms with Gasteiger partial charge in [-0.05, 0) is 24.2 Å². The maximum Gasteiger partial charge on any atom is 0.0726 e. The molecule has 0 heterocycles. The van der Waals surface area contributed by atoms with Crippen molar-refractivity contribution in [3.63, 3.8) is 0 Å². The zero-order chi connectivity index (χ0) is 8.48. The third kappa shape index (κ3) is 1.84. The van der Waals surface area contributed by atoms with Crippen LogP contribution in [0, 0.1) is 11.3 Å². The third-order valence-electron chi connectivity index (χ3n) is 3.01. The zero-order valence-corrected chi connectivity index (χ0v) is 7.67. The lowest BCUT2D eigenvalue weighted by molar-refractivity contribution is 0.0967. The monoisotopic (exact) mass is 154 g/mol. The summed E-state index contributed by atoms with van der Waals surface area (Å²) in [6.45, 7) is 6.71. The van der Waals surface area contributed by atoms with E-state index >= 15 is 0 Å². The van der Waals surface area contributed by atoms with Gasteiger partial charge in [-0.1, -0.05) is 32.9 Å². The van der Waals surface area contributed by atoms with Gasteiger partial charge in [-0.15, -0.1) is 0 Å². The Kier molecular flexibility index (Phi) is 2.38. The molecule has 1 aliphatic carbocycles. The predicted octanol–water partition coefficient (Wildman–Crippen LogP) is 2.36. The fraction of sp³-hybridized carbons (Fsp3) is 0.800. The molecule has 0 aromatic heterocycles. The Morgan fingerprint density at radius 1 is 1.55 bits per heavy atom. The van der Waals surface area contributed by atoms with Gasteiger partial charge in [-0.2, -0.15) is 0 Å². The highest BCUT2D eigenvalue weighted by Crippen LogP contribution is 2.38. The minimum atomic E-state index is -0.212. The molecule has 0 amide bonds. The molecule has 0 unspecified atom stereocenters. The van der Waals surface area contributed by atoms with Gasteiger partial charge in [0, 0.05) is 0 Å². The Bertz CT molecular complexity index is 160. The minimum absolute atomic E-state index is 0.212. The average Bonchev–Trinajstić information content (AvgIpc) is 1.86. The summed E-state index contributed by atoms with van der Waals surface area (Å²) in [5, 5.41) is 9.41. The molecular formula is C10H18O. The van der Waals surface area contributed by atoms with Gasteiger partial charge < -0.3 is 5.11 Å². The van der Waals surface area contributed by atoms with E-state index in [9.17, 15) is 5.11 Å². The van der Waals surface area contributed by atoms with Crippen molar-refractivity contribution in [3.05, 3.63) is 12.2 Å². The summed E-state index contributed by atoms with van der Waals surface area (Å²) in [5.74, 6) is 0.655. The second-order valence-corrected chi connectivity index (χ2v) is 4.21. The summed E-state index contributed by atoms with van der Waals surface area (Å²) < 4.78 is 0. The summed E-state index contributed by atoms with van der Waals surface area (Å²) >= 11 is 0. The molecule has 0 fully saturated rings. The van der Waals surface area contributed by atoms with E-state index < -0.39 is 0 Å². The molecule has 64 valence electrons. The molecule has 1 nitrogen and oxygen atoms in total. The molecule has 1 aliphatic rings. The van der Waals surface area contributed by atoms with E-state index in [4.69, 9.17) is 0 Å². The van der Waals surface area contributed by atoms with Crippen LogP contribution < -0.4 is 0 Å². The van der Waals surface area contributed by atoms with E-state index in [1.165, 1.54) is 0 Å². The standard InChI is InChI=1S/C10H18O/c1-8(2)10(3)6-4-5-9(11)7-10/h4-5,8-9,11H,6-7H2,1-3H3/t9-,10-/m0/s1. The van der Waals surface area contributed by atoms with Gasteiger partial charge >= 0.3 is 0 Å². The van der Waals surface area contributed by atoms with Crippen LogP contribution in [0.1, 0.15) is 33.6 Å². The van der Waals surface area contributed by atoms with Crippen LogP contribution in [0.5, 0.6) is 0 Å². The van der Waals surface area contributed by atoms with Crippen LogP contribution in [0.4, 0.5) is 0 Å². The first-order chi connectivity index (χ1) is 5.04. The number of hydrogen-bond donors (Lipinski definition) is 1. The molecule has 0 bridgehead atoms. The van der Waals surface area contributed by atoms with E-state index in [1.807, 2.05) is 6.08 Å². The normalized spacial score (nSPS) is 38.1. The van der Waals surface area contributed by atoms with E-state index in [0.29, 0.717) is 11.3 Å². The molecule has 1 N–H and O–H groups in total. The van der Waals surface area contributed by atoms with Gasteiger partial charge in [0.15, 0.2) is 0 Å². The molecule has 11 heavy (non-hydrogen) atoms. The van der Waals surface area contributed by atoms with Crippen molar-refractivity contribution >= 4 is 0 Å². The SMILES string of the molecule is CC(C)[C@@]1(C)CC=C[C@H](O)C1. The molecule has 0 aliphatic heterocycles. The van der Waals surface area contributed by atoms with E-state index in [0.717, 1.165) is 12.8 Å². The number of rotatable bonds is 1. The second kappa shape index (κ2) is 2.98. The summed E-state index contributed by atoms with van der Waals surface area (Å²) in [6, 6.07) is 0. The van der Waals surface area contributed by atoms with E-state index in [-0.39, 0.29) is 6.10 Å². The van der Waals surface area contributed by atoms with E-state index in [1.54, 1.807) is 0 Å². The van der Waals surface area contributed by atoms with Crippen molar-refractivity contribution in [2.45, 2.75) is 39.7 Å². The Hall–Kier alpha value is -0.300. The Labute approximate surface area is 69.1 Å². The lowest BCUT2D eigenvalue weighted by atomic mass is 9.70. The first kappa shape index (κ1) is 8.79. The van der Waals surface area contributed by atoms with Gasteiger partial charge in [0.25, 0.3) is 0 Å². The van der Waals surface area contributed by atoms with Gasteiger partial charge in [-0.25, -0.2) is 0 Å². The van der Waals surface area contributed by atoms with Crippen LogP contribution >= 0.6 is 0 Å². The molecule has 0 aromatic carbocycles. The molecule has 0 saturated carbocycles. The molecule has 0 spiro atoms. The fourth-order valence-corrected chi connectivity index (χ4v) is 1.59. The highest BCUT2D eigenvalue weighted by atomic mass is 16.3. The second-order valence-electron chi connectivity index (χ2n) is 4.21. The Morgan fingerprint density at radius 3 is 2.55 bits per heavy atom. The Morgan fingerprint density at radius 2 is 2.18 bits per heavy atom. The maximum atomic E-state index is 9.41. The van der Waals surface area contributed by atoms with Crippen LogP contribution in [-0.2, 0) is 0 Å². The van der Waals surface area contributed by atoms with Crippen LogP contribution in [0.2, 0.25) is 0 Å². The van der Waals surface area contributed by atoms with Crippen LogP contribution in [0.3, 0.4) is 0 Å². The first-order valence-corrected chi connectivity index (χ1v) is 4.39. The number of hydrogen-bond acceptors (Lipinski definition) is 1. The summed E-state index contributed by atoms with van der Waals surface area (Å²) in [4.78, 5) is 0. The fourth-order valence-electron chi connectivity index (χ4n) is 1.59. The zero-order valence-electron chi connectivity index (χ0n) is 7.67. The van der Waals surface area contributed by atoms with Gasteiger partial charge in [0.1, 0.15) is 0 Å². The third-order valence-corrected chi connectivity index (χ3v) is 3.01. The molecular weight excluding hydrogens is 136 g/mol. The van der Waals surface area contributed by atoms with Gasteiger partial charge in [0.05, 0.1) is 6.10 Å². The number of aliphatic hydroxyl groups excluding tert-OH is 1. The molecule has 0 aromatic rings. The van der Waals surface area contributed by atoms with Crippen molar-refractivity contribution in [1.82, 2.24) is 0 Å². The number of aliphatic hydroxyl groups is 1. The highest BCUT2D eigenvalue weighted by molar-refractivity contribution is 5.02. The van der Waals surface area contributed by atoms with Crippen molar-refractivity contribution in [2.75, 3.05) is 0 Å². The van der Waals surface area contributed by atoms with Crippen molar-refractivity contribution < 1.29 is 5.11 Å². The highest BCUT2D eigenvalue weighted by Gasteiger charge is 2.31. The largest absolute Gasteiger partial charge is 0.389 e. The maximum absolute atomic E-state index is 9.41. The van der Waals surface area contributed by atoms with Crippen molar-refractivity contribution in [2.24, 2.45) is 11.3 Å². The predicted molar refractivity (Wildman–Crippen MR) is 47.3 cm³/mol. The first-order valence-electron chi connectivity index (χ1n) is 4.39. The molecule has 0 saturated heterocycles. The molecule has 0 radical (unpaired) electrons. The van der Waals surface area contributed by atoms with Gasteiger partial charge in [0.2, 0.25) is 0 Å². The molecule has 2 atom stereocenters. The smallest absolute Gasteiger partial charge is 0.0726 e. The topological polar surface area (TPSA) is 20.2 Å². The summed E-state index contributed by atoms with van der Waals surface area (Å²) in [6.07, 6.45) is 5.83. The van der Waals surface area contributed by atoms with Crippen molar-refractivity contribution in [3.8, 4) is 0 Å². The molecule has 1 heteroatoms. The minimum Gasteiger partial charge on any atom is -0.389 e. The average molecular weight is 154 g/mol. The van der Waals surface area contributed by atoms with Crippen LogP contribution in [-0.4, -0.2) is 11.2 Å².